The summed E-state index contributed by atoms with van der Waals surface area (Å²) in [7, 11) is 1.60. The Hall–Kier alpha value is -3.08. The van der Waals surface area contributed by atoms with E-state index in [1.165, 1.54) is 0 Å². The van der Waals surface area contributed by atoms with Gasteiger partial charge in [-0.05, 0) is 48.6 Å². The first-order valence-electron chi connectivity index (χ1n) is 9.53. The van der Waals surface area contributed by atoms with Crippen LogP contribution < -0.4 is 4.74 Å². The molecule has 0 unspecified atom stereocenters. The largest absolute Gasteiger partial charge is 0.497 e. The number of esters is 1. The number of nitrogens with zero attached hydrogens (tertiary/aromatic N) is 1. The Morgan fingerprint density at radius 3 is 2.46 bits per heavy atom. The van der Waals surface area contributed by atoms with Crippen LogP contribution in [0, 0.1) is 0 Å². The first-order chi connectivity index (χ1) is 13.7. The molecular weight excluding hydrogens is 354 g/mol. The standard InChI is InChI=1S/C23H25NO4/c1-27-20-12-8-9-18(15-20)16-21(19-10-4-2-5-11-19)23(26)28-17-22(25)24-13-6-3-7-14-24/h2,4-5,8-12,15-16H,3,6-7,13-14,17H2,1H3. The molecule has 1 aliphatic rings. The number of benzene rings is 2. The van der Waals surface area contributed by atoms with E-state index in [9.17, 15) is 9.59 Å². The quantitative estimate of drug-likeness (QED) is 0.435. The third-order valence-corrected chi connectivity index (χ3v) is 4.75. The summed E-state index contributed by atoms with van der Waals surface area (Å²) in [5.74, 6) is 0.0519. The maximum Gasteiger partial charge on any atom is 0.339 e. The third kappa shape index (κ3) is 5.22. The van der Waals surface area contributed by atoms with Crippen molar-refractivity contribution in [2.45, 2.75) is 19.3 Å². The normalized spacial score (nSPS) is 14.5. The summed E-state index contributed by atoms with van der Waals surface area (Å²) in [4.78, 5) is 26.9. The van der Waals surface area contributed by atoms with Crippen molar-refractivity contribution in [1.82, 2.24) is 4.90 Å². The molecule has 0 atom stereocenters. The molecule has 28 heavy (non-hydrogen) atoms. The van der Waals surface area contributed by atoms with Gasteiger partial charge in [0.25, 0.3) is 5.91 Å². The molecule has 1 amide bonds. The molecule has 5 nitrogen and oxygen atoms in total. The van der Waals surface area contributed by atoms with Crippen molar-refractivity contribution < 1.29 is 19.1 Å². The lowest BCUT2D eigenvalue weighted by Crippen LogP contribution is -2.38. The molecule has 2 aromatic rings. The number of likely N-dealkylation sites (tertiary alicyclic amines) is 1. The highest BCUT2D eigenvalue weighted by Crippen LogP contribution is 2.22. The van der Waals surface area contributed by atoms with Crippen LogP contribution in [0.2, 0.25) is 0 Å². The summed E-state index contributed by atoms with van der Waals surface area (Å²) >= 11 is 0. The molecule has 1 aliphatic heterocycles. The molecule has 0 aromatic heterocycles. The Labute approximate surface area is 165 Å². The average molecular weight is 379 g/mol. The van der Waals surface area contributed by atoms with Gasteiger partial charge in [-0.2, -0.15) is 0 Å². The first-order valence-corrected chi connectivity index (χ1v) is 9.53. The lowest BCUT2D eigenvalue weighted by molar-refractivity contribution is -0.147. The second kappa shape index (κ2) is 9.74. The van der Waals surface area contributed by atoms with Gasteiger partial charge in [-0.25, -0.2) is 4.79 Å². The zero-order valence-corrected chi connectivity index (χ0v) is 16.1. The number of amides is 1. The van der Waals surface area contributed by atoms with Gasteiger partial charge in [-0.1, -0.05) is 42.5 Å². The second-order valence-corrected chi connectivity index (χ2v) is 6.72. The van der Waals surface area contributed by atoms with Gasteiger partial charge in [0.05, 0.1) is 12.7 Å². The Morgan fingerprint density at radius 1 is 1.00 bits per heavy atom. The fraction of sp³-hybridized carbons (Fsp3) is 0.304. The van der Waals surface area contributed by atoms with Gasteiger partial charge < -0.3 is 14.4 Å². The fourth-order valence-corrected chi connectivity index (χ4v) is 3.22. The number of carbonyl (C=O) groups excluding carboxylic acids is 2. The van der Waals surface area contributed by atoms with Crippen LogP contribution in [0.5, 0.6) is 5.75 Å². The molecule has 1 heterocycles. The third-order valence-electron chi connectivity index (χ3n) is 4.75. The zero-order chi connectivity index (χ0) is 19.8. The van der Waals surface area contributed by atoms with Gasteiger partial charge in [0.1, 0.15) is 5.75 Å². The summed E-state index contributed by atoms with van der Waals surface area (Å²) in [5.41, 5.74) is 1.96. The van der Waals surface area contributed by atoms with Crippen LogP contribution in [-0.2, 0) is 14.3 Å². The maximum atomic E-state index is 12.8. The topological polar surface area (TPSA) is 55.8 Å². The van der Waals surface area contributed by atoms with Gasteiger partial charge in [-0.15, -0.1) is 0 Å². The van der Waals surface area contributed by atoms with Crippen LogP contribution in [0.3, 0.4) is 0 Å². The number of piperidine rings is 1. The Morgan fingerprint density at radius 2 is 1.75 bits per heavy atom. The van der Waals surface area contributed by atoms with Gasteiger partial charge >= 0.3 is 5.97 Å². The Balaban J connectivity index is 1.77. The molecule has 0 spiro atoms. The number of carbonyl (C=O) groups is 2. The van der Waals surface area contributed by atoms with Gasteiger partial charge in [0, 0.05) is 13.1 Å². The van der Waals surface area contributed by atoms with Crippen LogP contribution in [0.1, 0.15) is 30.4 Å². The molecule has 1 saturated heterocycles. The molecule has 1 fully saturated rings. The molecule has 3 rings (SSSR count). The zero-order valence-electron chi connectivity index (χ0n) is 16.1. The summed E-state index contributed by atoms with van der Waals surface area (Å²) < 4.78 is 10.6. The van der Waals surface area contributed by atoms with E-state index in [1.54, 1.807) is 18.1 Å². The molecule has 5 heteroatoms. The Kier molecular flexibility index (Phi) is 6.84. The lowest BCUT2D eigenvalue weighted by Gasteiger charge is -2.26. The maximum absolute atomic E-state index is 12.8. The van der Waals surface area contributed by atoms with Crippen molar-refractivity contribution in [2.75, 3.05) is 26.8 Å². The number of hydrogen-bond donors (Lipinski definition) is 0. The van der Waals surface area contributed by atoms with E-state index >= 15 is 0 Å². The number of methoxy groups -OCH3 is 1. The highest BCUT2D eigenvalue weighted by atomic mass is 16.5. The van der Waals surface area contributed by atoms with E-state index in [0.717, 1.165) is 43.5 Å². The number of hydrogen-bond acceptors (Lipinski definition) is 4. The van der Waals surface area contributed by atoms with Crippen molar-refractivity contribution in [3.05, 3.63) is 65.7 Å². The molecule has 0 N–H and O–H groups in total. The molecular formula is C23H25NO4. The molecule has 2 aromatic carbocycles. The van der Waals surface area contributed by atoms with Crippen LogP contribution in [0.25, 0.3) is 11.6 Å². The van der Waals surface area contributed by atoms with Crippen LogP contribution in [0.15, 0.2) is 54.6 Å². The van der Waals surface area contributed by atoms with Crippen molar-refractivity contribution in [1.29, 1.82) is 0 Å². The first kappa shape index (κ1) is 19.7. The van der Waals surface area contributed by atoms with E-state index in [2.05, 4.69) is 0 Å². The molecule has 0 aliphatic carbocycles. The number of rotatable bonds is 6. The predicted octanol–water partition coefficient (Wildman–Crippen LogP) is 3.79. The van der Waals surface area contributed by atoms with Crippen LogP contribution >= 0.6 is 0 Å². The van der Waals surface area contributed by atoms with Crippen molar-refractivity contribution >= 4 is 23.5 Å². The van der Waals surface area contributed by atoms with E-state index in [0.29, 0.717) is 11.3 Å². The van der Waals surface area contributed by atoms with E-state index < -0.39 is 5.97 Å². The van der Waals surface area contributed by atoms with Crippen molar-refractivity contribution in [2.24, 2.45) is 0 Å². The minimum absolute atomic E-state index is 0.137. The van der Waals surface area contributed by atoms with Crippen LogP contribution in [0.4, 0.5) is 0 Å². The van der Waals surface area contributed by atoms with Crippen LogP contribution in [-0.4, -0.2) is 43.6 Å². The molecule has 146 valence electrons. The average Bonchev–Trinajstić information content (AvgIpc) is 2.77. The predicted molar refractivity (Wildman–Crippen MR) is 109 cm³/mol. The number of ether oxygens (including phenoxy) is 2. The summed E-state index contributed by atoms with van der Waals surface area (Å²) in [6.45, 7) is 1.24. The van der Waals surface area contributed by atoms with Crippen molar-refractivity contribution in [3.8, 4) is 5.75 Å². The highest BCUT2D eigenvalue weighted by Gasteiger charge is 2.20. The summed E-state index contributed by atoms with van der Waals surface area (Å²) in [6, 6.07) is 16.7. The fourth-order valence-electron chi connectivity index (χ4n) is 3.22. The monoisotopic (exact) mass is 379 g/mol. The second-order valence-electron chi connectivity index (χ2n) is 6.72. The van der Waals surface area contributed by atoms with Gasteiger partial charge in [0.2, 0.25) is 0 Å². The SMILES string of the molecule is COc1cccc(C=C(C(=O)OCC(=O)N2CCCCC2)c2ccccc2)c1. The van der Waals surface area contributed by atoms with Crippen molar-refractivity contribution in [3.63, 3.8) is 0 Å². The smallest absolute Gasteiger partial charge is 0.339 e. The minimum atomic E-state index is -0.514. The lowest BCUT2D eigenvalue weighted by atomic mass is 10.0. The summed E-state index contributed by atoms with van der Waals surface area (Å²) in [6.07, 6.45) is 4.91. The molecule has 0 saturated carbocycles. The molecule has 0 radical (unpaired) electrons. The Bertz CT molecular complexity index is 839. The molecule has 0 bridgehead atoms. The van der Waals surface area contributed by atoms with E-state index in [1.807, 2.05) is 54.6 Å². The minimum Gasteiger partial charge on any atom is -0.497 e. The van der Waals surface area contributed by atoms with Gasteiger partial charge in [0.15, 0.2) is 6.61 Å². The van der Waals surface area contributed by atoms with Gasteiger partial charge in [-0.3, -0.25) is 4.79 Å². The summed E-state index contributed by atoms with van der Waals surface area (Å²) in [5, 5.41) is 0. The highest BCUT2D eigenvalue weighted by molar-refractivity contribution is 6.21. The van der Waals surface area contributed by atoms with E-state index in [-0.39, 0.29) is 12.5 Å². The van der Waals surface area contributed by atoms with E-state index in [4.69, 9.17) is 9.47 Å².